The monoisotopic (exact) mass is 468 g/mol. The molecule has 2 N–H and O–H groups in total. The number of nitrogens with zero attached hydrogens (tertiary/aromatic N) is 1. The molecule has 0 saturated heterocycles. The SMILES string of the molecule is COC(=O)c1cc(Nc2c(CC=O)cccc2C(=O)O)cc(OCc2nc(C(C)C)cs2)c1. The average molecular weight is 469 g/mol. The maximum absolute atomic E-state index is 12.2. The molecule has 0 atom stereocenters. The van der Waals surface area contributed by atoms with Gasteiger partial charge in [0.1, 0.15) is 23.7 Å². The van der Waals surface area contributed by atoms with Gasteiger partial charge in [-0.25, -0.2) is 14.6 Å². The van der Waals surface area contributed by atoms with Crippen molar-refractivity contribution in [3.05, 3.63) is 69.2 Å². The lowest BCUT2D eigenvalue weighted by atomic mass is 10.0. The molecular formula is C24H24N2O6S. The summed E-state index contributed by atoms with van der Waals surface area (Å²) >= 11 is 1.49. The Labute approximate surface area is 195 Å². The highest BCUT2D eigenvalue weighted by Crippen LogP contribution is 2.30. The molecule has 0 radical (unpaired) electrons. The van der Waals surface area contributed by atoms with E-state index in [1.54, 1.807) is 24.3 Å². The van der Waals surface area contributed by atoms with Gasteiger partial charge in [0.15, 0.2) is 0 Å². The van der Waals surface area contributed by atoms with Crippen LogP contribution in [-0.2, 0) is 22.6 Å². The Balaban J connectivity index is 1.94. The summed E-state index contributed by atoms with van der Waals surface area (Å²) in [7, 11) is 1.27. The summed E-state index contributed by atoms with van der Waals surface area (Å²) in [4.78, 5) is 39.6. The molecule has 0 unspecified atom stereocenters. The molecule has 0 fully saturated rings. The highest BCUT2D eigenvalue weighted by atomic mass is 32.1. The van der Waals surface area contributed by atoms with Crippen LogP contribution in [0, 0.1) is 0 Å². The molecule has 3 rings (SSSR count). The number of thiazole rings is 1. The largest absolute Gasteiger partial charge is 0.486 e. The van der Waals surface area contributed by atoms with Crippen molar-refractivity contribution < 1.29 is 29.0 Å². The smallest absolute Gasteiger partial charge is 0.338 e. The number of aldehydes is 1. The zero-order valence-corrected chi connectivity index (χ0v) is 19.3. The van der Waals surface area contributed by atoms with Gasteiger partial charge in [-0.2, -0.15) is 0 Å². The molecule has 172 valence electrons. The number of hydrogen-bond donors (Lipinski definition) is 2. The maximum Gasteiger partial charge on any atom is 0.338 e. The van der Waals surface area contributed by atoms with Crippen molar-refractivity contribution >= 4 is 40.9 Å². The van der Waals surface area contributed by atoms with Crippen LogP contribution in [0.5, 0.6) is 5.75 Å². The van der Waals surface area contributed by atoms with E-state index in [1.807, 2.05) is 5.38 Å². The number of aromatic carboxylic acids is 1. The topological polar surface area (TPSA) is 115 Å². The first-order valence-corrected chi connectivity index (χ1v) is 11.1. The number of ether oxygens (including phenoxy) is 2. The van der Waals surface area contributed by atoms with Gasteiger partial charge < -0.3 is 24.7 Å². The first-order valence-electron chi connectivity index (χ1n) is 10.2. The van der Waals surface area contributed by atoms with Crippen LogP contribution in [0.3, 0.4) is 0 Å². The van der Waals surface area contributed by atoms with Crippen LogP contribution in [0.2, 0.25) is 0 Å². The van der Waals surface area contributed by atoms with E-state index in [2.05, 4.69) is 24.1 Å². The predicted octanol–water partition coefficient (Wildman–Crippen LogP) is 4.82. The number of methoxy groups -OCH3 is 1. The van der Waals surface area contributed by atoms with Gasteiger partial charge in [0.25, 0.3) is 0 Å². The Morgan fingerprint density at radius 1 is 1.24 bits per heavy atom. The molecular weight excluding hydrogens is 444 g/mol. The lowest BCUT2D eigenvalue weighted by molar-refractivity contribution is -0.107. The van der Waals surface area contributed by atoms with Crippen molar-refractivity contribution in [2.24, 2.45) is 0 Å². The second-order valence-corrected chi connectivity index (χ2v) is 8.43. The van der Waals surface area contributed by atoms with Gasteiger partial charge in [0, 0.05) is 23.6 Å². The van der Waals surface area contributed by atoms with Crippen molar-refractivity contribution in [1.82, 2.24) is 4.98 Å². The van der Waals surface area contributed by atoms with Crippen LogP contribution < -0.4 is 10.1 Å². The third-order valence-corrected chi connectivity index (χ3v) is 5.65. The number of benzene rings is 2. The van der Waals surface area contributed by atoms with Gasteiger partial charge >= 0.3 is 11.9 Å². The van der Waals surface area contributed by atoms with Crippen LogP contribution in [0.15, 0.2) is 41.8 Å². The molecule has 0 bridgehead atoms. The van der Waals surface area contributed by atoms with E-state index in [4.69, 9.17) is 9.47 Å². The van der Waals surface area contributed by atoms with E-state index in [1.165, 1.54) is 30.6 Å². The van der Waals surface area contributed by atoms with E-state index in [0.717, 1.165) is 10.7 Å². The van der Waals surface area contributed by atoms with Gasteiger partial charge in [-0.1, -0.05) is 26.0 Å². The number of carbonyl (C=O) groups is 3. The number of carboxylic acids is 1. The van der Waals surface area contributed by atoms with Crippen LogP contribution >= 0.6 is 11.3 Å². The molecule has 1 aromatic heterocycles. The van der Waals surface area contributed by atoms with Crippen LogP contribution in [0.25, 0.3) is 0 Å². The van der Waals surface area contributed by atoms with Crippen molar-refractivity contribution in [2.75, 3.05) is 12.4 Å². The molecule has 2 aromatic carbocycles. The van der Waals surface area contributed by atoms with E-state index in [-0.39, 0.29) is 29.8 Å². The van der Waals surface area contributed by atoms with Crippen molar-refractivity contribution in [2.45, 2.75) is 32.8 Å². The Kier molecular flexibility index (Phi) is 7.78. The van der Waals surface area contributed by atoms with E-state index < -0.39 is 11.9 Å². The first-order chi connectivity index (χ1) is 15.8. The predicted molar refractivity (Wildman–Crippen MR) is 125 cm³/mol. The van der Waals surface area contributed by atoms with Gasteiger partial charge in [0.05, 0.1) is 29.6 Å². The molecule has 33 heavy (non-hydrogen) atoms. The van der Waals surface area contributed by atoms with Gasteiger partial charge in [-0.05, 0) is 29.7 Å². The number of aromatic nitrogens is 1. The molecule has 9 heteroatoms. The summed E-state index contributed by atoms with van der Waals surface area (Å²) < 4.78 is 10.7. The molecule has 0 saturated carbocycles. The van der Waals surface area contributed by atoms with E-state index in [0.29, 0.717) is 29.2 Å². The van der Waals surface area contributed by atoms with Crippen molar-refractivity contribution in [3.8, 4) is 5.75 Å². The summed E-state index contributed by atoms with van der Waals surface area (Å²) in [5.41, 5.74) is 2.41. The Hall–Kier alpha value is -3.72. The highest BCUT2D eigenvalue weighted by Gasteiger charge is 2.17. The third kappa shape index (κ3) is 5.95. The number of rotatable bonds is 10. The average Bonchev–Trinajstić information content (AvgIpc) is 3.27. The zero-order valence-electron chi connectivity index (χ0n) is 18.5. The number of carboxylic acid groups (broad SMARTS) is 1. The van der Waals surface area contributed by atoms with Gasteiger partial charge in [0.2, 0.25) is 0 Å². The van der Waals surface area contributed by atoms with Crippen LogP contribution in [-0.4, -0.2) is 35.4 Å². The fraction of sp³-hybridized carbons (Fsp3) is 0.250. The molecule has 8 nitrogen and oxygen atoms in total. The maximum atomic E-state index is 12.2. The fourth-order valence-corrected chi connectivity index (χ4v) is 3.99. The minimum absolute atomic E-state index is 0.00397. The first kappa shape index (κ1) is 23.9. The number of nitrogens with one attached hydrogen (secondary N) is 1. The summed E-state index contributed by atoms with van der Waals surface area (Å²) in [6.45, 7) is 4.33. The zero-order chi connectivity index (χ0) is 24.0. The van der Waals surface area contributed by atoms with Crippen LogP contribution in [0.1, 0.15) is 56.7 Å². The number of hydrogen-bond acceptors (Lipinski definition) is 8. The lowest BCUT2D eigenvalue weighted by Crippen LogP contribution is -2.08. The minimum atomic E-state index is -1.14. The minimum Gasteiger partial charge on any atom is -0.486 e. The van der Waals surface area contributed by atoms with Crippen molar-refractivity contribution in [3.63, 3.8) is 0 Å². The molecule has 1 heterocycles. The molecule has 3 aromatic rings. The fourth-order valence-electron chi connectivity index (χ4n) is 3.12. The molecule has 0 aliphatic rings. The Morgan fingerprint density at radius 3 is 2.67 bits per heavy atom. The Morgan fingerprint density at radius 2 is 2.03 bits per heavy atom. The Bertz CT molecular complexity index is 1170. The van der Waals surface area contributed by atoms with Crippen molar-refractivity contribution in [1.29, 1.82) is 0 Å². The highest BCUT2D eigenvalue weighted by molar-refractivity contribution is 7.09. The number of carbonyl (C=O) groups excluding carboxylic acids is 2. The van der Waals surface area contributed by atoms with Crippen LogP contribution in [0.4, 0.5) is 11.4 Å². The molecule has 0 amide bonds. The molecule has 0 aliphatic heterocycles. The number of para-hydroxylation sites is 1. The summed E-state index contributed by atoms with van der Waals surface area (Å²) in [5.74, 6) is -1.02. The molecule has 0 spiro atoms. The van der Waals surface area contributed by atoms with Gasteiger partial charge in [-0.15, -0.1) is 11.3 Å². The number of esters is 1. The third-order valence-electron chi connectivity index (χ3n) is 4.80. The second kappa shape index (κ2) is 10.7. The summed E-state index contributed by atoms with van der Waals surface area (Å²) in [6, 6.07) is 9.40. The molecule has 0 aliphatic carbocycles. The quantitative estimate of drug-likeness (QED) is 0.322. The number of anilines is 2. The standard InChI is InChI=1S/C24H24N2O6S/c1-14(2)20-13-33-21(26-20)12-32-18-10-16(24(30)31-3)9-17(11-18)25-22-15(7-8-27)5-4-6-19(22)23(28)29/h4-6,8-11,13-14,25H,7,12H2,1-3H3,(H,28,29). The summed E-state index contributed by atoms with van der Waals surface area (Å²) in [5, 5.41) is 15.4. The summed E-state index contributed by atoms with van der Waals surface area (Å²) in [6.07, 6.45) is 0.733. The van der Waals surface area contributed by atoms with Gasteiger partial charge in [-0.3, -0.25) is 0 Å². The normalized spacial score (nSPS) is 10.7. The van der Waals surface area contributed by atoms with E-state index in [9.17, 15) is 19.5 Å². The van der Waals surface area contributed by atoms with E-state index >= 15 is 0 Å². The lowest BCUT2D eigenvalue weighted by Gasteiger charge is -2.16. The second-order valence-electron chi connectivity index (χ2n) is 7.49.